The van der Waals surface area contributed by atoms with Crippen molar-refractivity contribution in [3.8, 4) is 0 Å². The fourth-order valence-electron chi connectivity index (χ4n) is 1.77. The smallest absolute Gasteiger partial charge is 0.206 e. The molecule has 2 aromatic carbocycles. The van der Waals surface area contributed by atoms with Crippen molar-refractivity contribution >= 4 is 21.2 Å². The topological polar surface area (TPSA) is 86.2 Å². The first-order valence-electron chi connectivity index (χ1n) is 5.79. The second kappa shape index (κ2) is 4.59. The number of nitrogens with two attached hydrogens (primary N) is 2. The molecule has 0 radical (unpaired) electrons. The van der Waals surface area contributed by atoms with E-state index in [1.165, 1.54) is 12.1 Å². The molecule has 4 N–H and O–H groups in total. The zero-order valence-corrected chi connectivity index (χ0v) is 11.7. The molecule has 100 valence electrons. The Kier molecular flexibility index (Phi) is 3.24. The third kappa shape index (κ3) is 2.42. The van der Waals surface area contributed by atoms with Gasteiger partial charge in [-0.1, -0.05) is 0 Å². The number of nitrogen functional groups attached to an aromatic ring is 2. The second-order valence-corrected chi connectivity index (χ2v) is 6.49. The summed E-state index contributed by atoms with van der Waals surface area (Å²) in [5.41, 5.74) is 14.0. The molecule has 2 aromatic rings. The van der Waals surface area contributed by atoms with Gasteiger partial charge in [0.05, 0.1) is 9.79 Å². The SMILES string of the molecule is Cc1cc(S(=O)(=O)c2ccc(N)c(C)c2)ccc1N. The Morgan fingerprint density at radius 3 is 1.47 bits per heavy atom. The van der Waals surface area contributed by atoms with Crippen molar-refractivity contribution in [2.75, 3.05) is 11.5 Å². The number of benzene rings is 2. The van der Waals surface area contributed by atoms with Crippen LogP contribution in [0.25, 0.3) is 0 Å². The van der Waals surface area contributed by atoms with Gasteiger partial charge in [-0.2, -0.15) is 0 Å². The Morgan fingerprint density at radius 2 is 1.16 bits per heavy atom. The van der Waals surface area contributed by atoms with Gasteiger partial charge >= 0.3 is 0 Å². The van der Waals surface area contributed by atoms with Crippen molar-refractivity contribution in [1.82, 2.24) is 0 Å². The zero-order valence-electron chi connectivity index (χ0n) is 10.8. The van der Waals surface area contributed by atoms with Crippen molar-refractivity contribution in [2.45, 2.75) is 23.6 Å². The number of hydrogen-bond donors (Lipinski definition) is 2. The Hall–Kier alpha value is -2.01. The first kappa shape index (κ1) is 13.4. The van der Waals surface area contributed by atoms with E-state index >= 15 is 0 Å². The standard InChI is InChI=1S/C14H16N2O2S/c1-9-7-11(3-5-13(9)15)19(17,18)12-4-6-14(16)10(2)8-12/h3-8H,15-16H2,1-2H3. The molecule has 4 nitrogen and oxygen atoms in total. The highest BCUT2D eigenvalue weighted by molar-refractivity contribution is 7.91. The minimum atomic E-state index is -3.53. The van der Waals surface area contributed by atoms with Gasteiger partial charge in [-0.05, 0) is 61.4 Å². The lowest BCUT2D eigenvalue weighted by atomic mass is 10.2. The van der Waals surface area contributed by atoms with Crippen molar-refractivity contribution in [3.05, 3.63) is 47.5 Å². The lowest BCUT2D eigenvalue weighted by Crippen LogP contribution is -2.04. The maximum atomic E-state index is 12.5. The van der Waals surface area contributed by atoms with Crippen LogP contribution in [0.5, 0.6) is 0 Å². The van der Waals surface area contributed by atoms with E-state index in [4.69, 9.17) is 11.5 Å². The summed E-state index contributed by atoms with van der Waals surface area (Å²) in [4.78, 5) is 0.478. The number of rotatable bonds is 2. The normalized spacial score (nSPS) is 11.5. The molecule has 0 unspecified atom stereocenters. The van der Waals surface area contributed by atoms with E-state index in [0.717, 1.165) is 11.1 Å². The van der Waals surface area contributed by atoms with Crippen molar-refractivity contribution in [2.24, 2.45) is 0 Å². The summed E-state index contributed by atoms with van der Waals surface area (Å²) in [5.74, 6) is 0. The fraction of sp³-hybridized carbons (Fsp3) is 0.143. The van der Waals surface area contributed by atoms with Crippen LogP contribution in [-0.4, -0.2) is 8.42 Å². The van der Waals surface area contributed by atoms with Crippen LogP contribution in [0.15, 0.2) is 46.2 Å². The maximum absolute atomic E-state index is 12.5. The molecule has 0 amide bonds. The van der Waals surface area contributed by atoms with E-state index in [1.54, 1.807) is 38.1 Å². The molecule has 0 bridgehead atoms. The van der Waals surface area contributed by atoms with E-state index < -0.39 is 9.84 Å². The lowest BCUT2D eigenvalue weighted by Gasteiger charge is -2.09. The van der Waals surface area contributed by atoms with Crippen molar-refractivity contribution < 1.29 is 8.42 Å². The van der Waals surface area contributed by atoms with Gasteiger partial charge in [-0.25, -0.2) is 8.42 Å². The van der Waals surface area contributed by atoms with Gasteiger partial charge in [0.1, 0.15) is 0 Å². The summed E-state index contributed by atoms with van der Waals surface area (Å²) in [7, 11) is -3.53. The Labute approximate surface area is 113 Å². The summed E-state index contributed by atoms with van der Waals surface area (Å²) >= 11 is 0. The largest absolute Gasteiger partial charge is 0.399 e. The van der Waals surface area contributed by atoms with Crippen LogP contribution in [0.1, 0.15) is 11.1 Å². The summed E-state index contributed by atoms with van der Waals surface area (Å²) in [6.45, 7) is 3.56. The van der Waals surface area contributed by atoms with Crippen LogP contribution in [0, 0.1) is 13.8 Å². The zero-order chi connectivity index (χ0) is 14.2. The summed E-state index contributed by atoms with van der Waals surface area (Å²) < 4.78 is 25.0. The van der Waals surface area contributed by atoms with Crippen LogP contribution in [-0.2, 0) is 9.84 Å². The fourth-order valence-corrected chi connectivity index (χ4v) is 3.20. The summed E-state index contributed by atoms with van der Waals surface area (Å²) in [6, 6.07) is 9.40. The molecule has 0 aromatic heterocycles. The number of sulfone groups is 1. The van der Waals surface area contributed by atoms with Gasteiger partial charge in [-0.3, -0.25) is 0 Å². The predicted molar refractivity (Wildman–Crippen MR) is 76.6 cm³/mol. The minimum Gasteiger partial charge on any atom is -0.399 e. The predicted octanol–water partition coefficient (Wildman–Crippen LogP) is 2.30. The van der Waals surface area contributed by atoms with Gasteiger partial charge in [-0.15, -0.1) is 0 Å². The monoisotopic (exact) mass is 276 g/mol. The molecule has 0 saturated carbocycles. The molecule has 0 atom stereocenters. The van der Waals surface area contributed by atoms with Gasteiger partial charge in [0.25, 0.3) is 0 Å². The van der Waals surface area contributed by atoms with E-state index in [1.807, 2.05) is 0 Å². The molecule has 0 saturated heterocycles. The first-order chi connectivity index (χ1) is 8.82. The molecular weight excluding hydrogens is 260 g/mol. The molecule has 2 rings (SSSR count). The first-order valence-corrected chi connectivity index (χ1v) is 7.28. The van der Waals surface area contributed by atoms with Crippen LogP contribution >= 0.6 is 0 Å². The molecule has 0 fully saturated rings. The molecule has 0 aliphatic heterocycles. The molecular formula is C14H16N2O2S. The van der Waals surface area contributed by atoms with E-state index in [9.17, 15) is 8.42 Å². The average molecular weight is 276 g/mol. The second-order valence-electron chi connectivity index (χ2n) is 4.54. The minimum absolute atomic E-state index is 0.239. The maximum Gasteiger partial charge on any atom is 0.206 e. The van der Waals surface area contributed by atoms with Crippen LogP contribution in [0.4, 0.5) is 11.4 Å². The van der Waals surface area contributed by atoms with Crippen molar-refractivity contribution in [1.29, 1.82) is 0 Å². The Balaban J connectivity index is 2.58. The summed E-state index contributed by atoms with van der Waals surface area (Å²) in [5, 5.41) is 0. The van der Waals surface area contributed by atoms with Crippen LogP contribution in [0.2, 0.25) is 0 Å². The average Bonchev–Trinajstić information content (AvgIpc) is 2.35. The van der Waals surface area contributed by atoms with Crippen LogP contribution < -0.4 is 11.5 Å². The van der Waals surface area contributed by atoms with E-state index in [-0.39, 0.29) is 9.79 Å². The molecule has 0 heterocycles. The summed E-state index contributed by atoms with van der Waals surface area (Å²) in [6.07, 6.45) is 0. The van der Waals surface area contributed by atoms with Gasteiger partial charge in [0.2, 0.25) is 9.84 Å². The molecule has 5 heteroatoms. The highest BCUT2D eigenvalue weighted by Gasteiger charge is 2.18. The van der Waals surface area contributed by atoms with E-state index in [2.05, 4.69) is 0 Å². The molecule has 19 heavy (non-hydrogen) atoms. The van der Waals surface area contributed by atoms with Gasteiger partial charge in [0.15, 0.2) is 0 Å². The third-order valence-corrected chi connectivity index (χ3v) is 4.85. The number of hydrogen-bond acceptors (Lipinski definition) is 4. The quantitative estimate of drug-likeness (QED) is 0.824. The molecule has 0 aliphatic carbocycles. The Morgan fingerprint density at radius 1 is 0.789 bits per heavy atom. The van der Waals surface area contributed by atoms with E-state index in [0.29, 0.717) is 11.4 Å². The number of anilines is 2. The van der Waals surface area contributed by atoms with Gasteiger partial charge < -0.3 is 11.5 Å². The number of aryl methyl sites for hydroxylation is 2. The van der Waals surface area contributed by atoms with Crippen molar-refractivity contribution in [3.63, 3.8) is 0 Å². The van der Waals surface area contributed by atoms with Crippen LogP contribution in [0.3, 0.4) is 0 Å². The third-order valence-electron chi connectivity index (χ3n) is 3.10. The molecule has 0 aliphatic rings. The highest BCUT2D eigenvalue weighted by Crippen LogP contribution is 2.25. The lowest BCUT2D eigenvalue weighted by molar-refractivity contribution is 0.596. The molecule has 0 spiro atoms. The highest BCUT2D eigenvalue weighted by atomic mass is 32.2. The van der Waals surface area contributed by atoms with Gasteiger partial charge in [0, 0.05) is 11.4 Å². The Bertz CT molecular complexity index is 680.